The van der Waals surface area contributed by atoms with Crippen LogP contribution in [0.15, 0.2) is 23.8 Å². The molecule has 2 nitrogen and oxygen atoms in total. The summed E-state index contributed by atoms with van der Waals surface area (Å²) < 4.78 is 5.64. The van der Waals surface area contributed by atoms with Gasteiger partial charge in [-0.2, -0.15) is 0 Å². The van der Waals surface area contributed by atoms with Gasteiger partial charge in [0.05, 0.1) is 0 Å². The van der Waals surface area contributed by atoms with Gasteiger partial charge in [0.25, 0.3) is 0 Å². The number of carbonyl (C=O) groups is 1. The van der Waals surface area contributed by atoms with E-state index in [0.29, 0.717) is 22.7 Å². The van der Waals surface area contributed by atoms with E-state index in [-0.39, 0.29) is 12.1 Å². The number of hydrogen-bond donors (Lipinski definition) is 0. The van der Waals surface area contributed by atoms with E-state index in [1.165, 1.54) is 56.9 Å². The number of carbonyl (C=O) groups excluding carboxylic acids is 1. The number of rotatable bonds is 6. The Bertz CT molecular complexity index is 763. The van der Waals surface area contributed by atoms with Gasteiger partial charge in [-0.3, -0.25) is 4.79 Å². The Balaban J connectivity index is 1.48. The second-order valence-corrected chi connectivity index (χ2v) is 12.8. The van der Waals surface area contributed by atoms with E-state index >= 15 is 0 Å². The van der Waals surface area contributed by atoms with Gasteiger partial charge in [0.15, 0.2) is 0 Å². The normalized spacial score (nSPS) is 41.8. The van der Waals surface area contributed by atoms with Crippen molar-refractivity contribution in [3.63, 3.8) is 0 Å². The van der Waals surface area contributed by atoms with Gasteiger partial charge in [0.2, 0.25) is 0 Å². The van der Waals surface area contributed by atoms with Gasteiger partial charge in [0, 0.05) is 6.92 Å². The number of ether oxygens (including phenoxy) is 1. The molecule has 8 atom stereocenters. The summed E-state index contributed by atoms with van der Waals surface area (Å²) in [7, 11) is 0. The van der Waals surface area contributed by atoms with Crippen molar-refractivity contribution in [1.82, 2.24) is 0 Å². The summed E-state index contributed by atoms with van der Waals surface area (Å²) in [4.78, 5) is 11.5. The van der Waals surface area contributed by atoms with Crippen molar-refractivity contribution < 1.29 is 9.53 Å². The topological polar surface area (TPSA) is 26.3 Å². The van der Waals surface area contributed by atoms with Crippen LogP contribution in [0.5, 0.6) is 0 Å². The molecule has 0 aromatic carbocycles. The fourth-order valence-electron chi connectivity index (χ4n) is 8.69. The molecule has 0 spiro atoms. The van der Waals surface area contributed by atoms with Crippen molar-refractivity contribution in [3.8, 4) is 0 Å². The average Bonchev–Trinajstić information content (AvgIpc) is 3.08. The maximum atomic E-state index is 11.5. The van der Waals surface area contributed by atoms with Crippen LogP contribution in [-0.4, -0.2) is 12.1 Å². The minimum atomic E-state index is -0.109. The molecular formula is C30H48O2. The molecule has 3 fully saturated rings. The fourth-order valence-corrected chi connectivity index (χ4v) is 8.69. The largest absolute Gasteiger partial charge is 0.463 e. The van der Waals surface area contributed by atoms with Gasteiger partial charge in [-0.1, -0.05) is 58.4 Å². The summed E-state index contributed by atoms with van der Waals surface area (Å²) in [5, 5.41) is 0. The van der Waals surface area contributed by atoms with Crippen molar-refractivity contribution in [2.24, 2.45) is 46.3 Å². The zero-order valence-corrected chi connectivity index (χ0v) is 21.7. The number of hydrogen-bond acceptors (Lipinski definition) is 2. The molecule has 0 saturated heterocycles. The van der Waals surface area contributed by atoms with E-state index in [4.69, 9.17) is 4.74 Å². The Labute approximate surface area is 197 Å². The first-order chi connectivity index (χ1) is 15.1. The molecule has 4 aliphatic rings. The van der Waals surface area contributed by atoms with Crippen LogP contribution >= 0.6 is 0 Å². The average molecular weight is 441 g/mol. The van der Waals surface area contributed by atoms with E-state index in [2.05, 4.69) is 47.3 Å². The Hall–Kier alpha value is -1.05. The molecule has 8 unspecified atom stereocenters. The maximum absolute atomic E-state index is 11.5. The lowest BCUT2D eigenvalue weighted by atomic mass is 9.47. The van der Waals surface area contributed by atoms with Crippen LogP contribution in [-0.2, 0) is 9.53 Å². The molecule has 0 radical (unpaired) electrons. The van der Waals surface area contributed by atoms with Gasteiger partial charge in [-0.25, -0.2) is 0 Å². The van der Waals surface area contributed by atoms with Crippen molar-refractivity contribution in [1.29, 1.82) is 0 Å². The van der Waals surface area contributed by atoms with Crippen molar-refractivity contribution in [2.75, 3.05) is 0 Å². The number of allylic oxidation sites excluding steroid dienone is 3. The number of esters is 1. The second-order valence-electron chi connectivity index (χ2n) is 12.8. The Morgan fingerprint density at radius 1 is 1.09 bits per heavy atom. The lowest BCUT2D eigenvalue weighted by Crippen LogP contribution is -2.50. The lowest BCUT2D eigenvalue weighted by molar-refractivity contribution is -0.152. The zero-order valence-electron chi connectivity index (χ0n) is 21.7. The predicted molar refractivity (Wildman–Crippen MR) is 133 cm³/mol. The second kappa shape index (κ2) is 8.95. The van der Waals surface area contributed by atoms with Crippen LogP contribution < -0.4 is 0 Å². The summed E-state index contributed by atoms with van der Waals surface area (Å²) in [6.45, 7) is 18.2. The minimum absolute atomic E-state index is 0.109. The monoisotopic (exact) mass is 440 g/mol. The van der Waals surface area contributed by atoms with Gasteiger partial charge in [0.1, 0.15) is 6.10 Å². The molecular weight excluding hydrogens is 392 g/mol. The molecule has 180 valence electrons. The molecule has 4 aliphatic carbocycles. The highest BCUT2D eigenvalue weighted by Crippen LogP contribution is 2.67. The van der Waals surface area contributed by atoms with Crippen LogP contribution in [0.4, 0.5) is 0 Å². The van der Waals surface area contributed by atoms with Crippen LogP contribution in [0.2, 0.25) is 0 Å². The molecule has 4 rings (SSSR count). The third-order valence-corrected chi connectivity index (χ3v) is 10.9. The third-order valence-electron chi connectivity index (χ3n) is 10.9. The van der Waals surface area contributed by atoms with E-state index in [0.717, 1.165) is 36.5 Å². The van der Waals surface area contributed by atoms with Crippen LogP contribution in [0, 0.1) is 46.3 Å². The van der Waals surface area contributed by atoms with Gasteiger partial charge in [-0.05, 0) is 111 Å². The van der Waals surface area contributed by atoms with E-state index in [1.54, 1.807) is 6.92 Å². The Morgan fingerprint density at radius 2 is 1.78 bits per heavy atom. The Kier molecular flexibility index (Phi) is 6.74. The molecule has 32 heavy (non-hydrogen) atoms. The van der Waals surface area contributed by atoms with Crippen molar-refractivity contribution >= 4 is 5.97 Å². The highest BCUT2D eigenvalue weighted by atomic mass is 16.5. The quantitative estimate of drug-likeness (QED) is 0.308. The maximum Gasteiger partial charge on any atom is 0.302 e. The summed E-state index contributed by atoms with van der Waals surface area (Å²) in [5.74, 6) is 4.39. The smallest absolute Gasteiger partial charge is 0.302 e. The summed E-state index contributed by atoms with van der Waals surface area (Å²) in [6.07, 6.45) is 15.4. The first-order valence-electron chi connectivity index (χ1n) is 13.6. The van der Waals surface area contributed by atoms with Crippen LogP contribution in [0.1, 0.15) is 106 Å². The minimum Gasteiger partial charge on any atom is -0.463 e. The number of fused-ring (bicyclic) bond motifs is 5. The molecule has 0 bridgehead atoms. The third kappa shape index (κ3) is 4.14. The molecule has 3 saturated carbocycles. The standard InChI is InChI=1S/C30H48O2/c1-19(2)20(3)8-9-21(4)26-12-13-27-25-11-10-23-18-24(32-22(5)31)14-16-29(23,6)28(25)15-17-30(26,27)7/h11,19,21,23-24,26-28H,3,8-10,12-18H2,1-2,4-7H3. The van der Waals surface area contributed by atoms with Crippen molar-refractivity contribution in [2.45, 2.75) is 112 Å². The van der Waals surface area contributed by atoms with Crippen molar-refractivity contribution in [3.05, 3.63) is 23.8 Å². The SMILES string of the molecule is C=C(CCC(C)C1CCC2C3=CCC4CC(OC(C)=O)CCC4(C)C3CCC21C)C(C)C. The van der Waals surface area contributed by atoms with E-state index in [9.17, 15) is 4.79 Å². The summed E-state index contributed by atoms with van der Waals surface area (Å²) >= 11 is 0. The molecule has 0 aliphatic heterocycles. The summed E-state index contributed by atoms with van der Waals surface area (Å²) in [5.41, 5.74) is 4.16. The highest BCUT2D eigenvalue weighted by molar-refractivity contribution is 5.66. The van der Waals surface area contributed by atoms with Crippen LogP contribution in [0.3, 0.4) is 0 Å². The molecule has 0 heterocycles. The van der Waals surface area contributed by atoms with Gasteiger partial charge < -0.3 is 4.74 Å². The predicted octanol–water partition coefficient (Wildman–Crippen LogP) is 8.13. The van der Waals surface area contributed by atoms with Gasteiger partial charge >= 0.3 is 5.97 Å². The lowest BCUT2D eigenvalue weighted by Gasteiger charge is -2.58. The van der Waals surface area contributed by atoms with Gasteiger partial charge in [-0.15, -0.1) is 0 Å². The highest BCUT2D eigenvalue weighted by Gasteiger charge is 2.58. The molecule has 0 N–H and O–H groups in total. The molecule has 2 heteroatoms. The summed E-state index contributed by atoms with van der Waals surface area (Å²) in [6, 6.07) is 0. The Morgan fingerprint density at radius 3 is 2.47 bits per heavy atom. The fraction of sp³-hybridized carbons (Fsp3) is 0.833. The first-order valence-corrected chi connectivity index (χ1v) is 13.6. The molecule has 0 aromatic rings. The molecule has 0 amide bonds. The molecule has 0 aromatic heterocycles. The van der Waals surface area contributed by atoms with E-state index in [1.807, 2.05) is 5.57 Å². The van der Waals surface area contributed by atoms with Crippen LogP contribution in [0.25, 0.3) is 0 Å². The first kappa shape index (κ1) is 24.1. The zero-order chi connectivity index (χ0) is 23.3. The van der Waals surface area contributed by atoms with E-state index < -0.39 is 0 Å².